The van der Waals surface area contributed by atoms with E-state index < -0.39 is 10.0 Å². The van der Waals surface area contributed by atoms with E-state index in [-0.39, 0.29) is 11.7 Å². The molecule has 0 radical (unpaired) electrons. The molecule has 1 aliphatic rings. The van der Waals surface area contributed by atoms with Gasteiger partial charge in [0.1, 0.15) is 0 Å². The Kier molecular flexibility index (Phi) is 4.56. The van der Waals surface area contributed by atoms with Gasteiger partial charge in [-0.1, -0.05) is 6.07 Å². The third-order valence-electron chi connectivity index (χ3n) is 4.66. The maximum Gasteiger partial charge on any atom is 0.255 e. The van der Waals surface area contributed by atoms with Crippen LogP contribution in [0.25, 0.3) is 0 Å². The van der Waals surface area contributed by atoms with E-state index in [2.05, 4.69) is 5.32 Å². The minimum absolute atomic E-state index is 0.0709. The van der Waals surface area contributed by atoms with Crippen LogP contribution in [0.4, 0.5) is 11.4 Å². The molecule has 6 heteroatoms. The number of fused-ring (bicyclic) bond motifs is 1. The van der Waals surface area contributed by atoms with Crippen molar-refractivity contribution in [2.24, 2.45) is 0 Å². The van der Waals surface area contributed by atoms with Gasteiger partial charge in [0.25, 0.3) is 5.91 Å². The molecule has 0 saturated heterocycles. The highest BCUT2D eigenvalue weighted by Gasteiger charge is 2.28. The van der Waals surface area contributed by atoms with E-state index in [1.165, 1.54) is 9.87 Å². The Morgan fingerprint density at radius 3 is 2.56 bits per heavy atom. The second-order valence-electron chi connectivity index (χ2n) is 6.32. The van der Waals surface area contributed by atoms with Crippen LogP contribution in [0.3, 0.4) is 0 Å². The van der Waals surface area contributed by atoms with Gasteiger partial charge in [0.2, 0.25) is 10.0 Å². The Balaban J connectivity index is 1.83. The Morgan fingerprint density at radius 2 is 1.88 bits per heavy atom. The number of amides is 1. The molecule has 5 nitrogen and oxygen atoms in total. The van der Waals surface area contributed by atoms with E-state index in [1.54, 1.807) is 25.1 Å². The molecule has 25 heavy (non-hydrogen) atoms. The maximum atomic E-state index is 12.5. The SMILES string of the molecule is CCS(=O)(=O)N1CCc2cc(C(=O)Nc3ccc(C)c(C)c3)ccc21. The largest absolute Gasteiger partial charge is 0.322 e. The summed E-state index contributed by atoms with van der Waals surface area (Å²) in [7, 11) is -3.27. The fraction of sp³-hybridized carbons (Fsp3) is 0.316. The Labute approximate surface area is 148 Å². The molecule has 1 amide bonds. The number of nitrogens with one attached hydrogen (secondary N) is 1. The van der Waals surface area contributed by atoms with E-state index in [0.717, 1.165) is 16.8 Å². The molecule has 1 aliphatic heterocycles. The average molecular weight is 358 g/mol. The van der Waals surface area contributed by atoms with Crippen LogP contribution in [-0.4, -0.2) is 26.6 Å². The second kappa shape index (κ2) is 6.52. The van der Waals surface area contributed by atoms with Crippen molar-refractivity contribution >= 4 is 27.3 Å². The van der Waals surface area contributed by atoms with Gasteiger partial charge in [0.15, 0.2) is 0 Å². The van der Waals surface area contributed by atoms with Gasteiger partial charge < -0.3 is 5.32 Å². The van der Waals surface area contributed by atoms with Gasteiger partial charge in [-0.2, -0.15) is 0 Å². The summed E-state index contributed by atoms with van der Waals surface area (Å²) in [5.74, 6) is -0.121. The molecule has 0 bridgehead atoms. The maximum absolute atomic E-state index is 12.5. The molecule has 0 aromatic heterocycles. The molecule has 0 atom stereocenters. The lowest BCUT2D eigenvalue weighted by molar-refractivity contribution is 0.102. The molecular formula is C19H22N2O3S. The second-order valence-corrected chi connectivity index (χ2v) is 8.50. The summed E-state index contributed by atoms with van der Waals surface area (Å²) < 4.78 is 25.7. The van der Waals surface area contributed by atoms with E-state index in [9.17, 15) is 13.2 Å². The van der Waals surface area contributed by atoms with Gasteiger partial charge in [-0.15, -0.1) is 0 Å². The normalized spacial score (nSPS) is 13.6. The van der Waals surface area contributed by atoms with Crippen LogP contribution >= 0.6 is 0 Å². The van der Waals surface area contributed by atoms with Crippen molar-refractivity contribution in [1.29, 1.82) is 0 Å². The lowest BCUT2D eigenvalue weighted by Crippen LogP contribution is -2.30. The first kappa shape index (κ1) is 17.5. The fourth-order valence-electron chi connectivity index (χ4n) is 2.98. The molecule has 0 saturated carbocycles. The fourth-order valence-corrected chi connectivity index (χ4v) is 4.14. The smallest absolute Gasteiger partial charge is 0.255 e. The van der Waals surface area contributed by atoms with Crippen molar-refractivity contribution in [1.82, 2.24) is 0 Å². The van der Waals surface area contributed by atoms with Crippen molar-refractivity contribution in [3.63, 3.8) is 0 Å². The van der Waals surface area contributed by atoms with Crippen molar-refractivity contribution in [2.45, 2.75) is 27.2 Å². The Bertz CT molecular complexity index is 936. The molecule has 2 aromatic carbocycles. The van der Waals surface area contributed by atoms with Gasteiger partial charge in [0.05, 0.1) is 11.4 Å². The third-order valence-corrected chi connectivity index (χ3v) is 6.44. The molecule has 132 valence electrons. The summed E-state index contributed by atoms with van der Waals surface area (Å²) in [4.78, 5) is 12.5. The van der Waals surface area contributed by atoms with Crippen molar-refractivity contribution < 1.29 is 13.2 Å². The van der Waals surface area contributed by atoms with Crippen LogP contribution in [0.2, 0.25) is 0 Å². The van der Waals surface area contributed by atoms with Crippen LogP contribution in [0, 0.1) is 13.8 Å². The predicted octanol–water partition coefficient (Wildman–Crippen LogP) is 3.27. The van der Waals surface area contributed by atoms with Crippen molar-refractivity contribution in [2.75, 3.05) is 21.9 Å². The van der Waals surface area contributed by atoms with Gasteiger partial charge in [-0.05, 0) is 74.2 Å². The number of rotatable bonds is 4. The summed E-state index contributed by atoms with van der Waals surface area (Å²) in [5.41, 5.74) is 5.16. The van der Waals surface area contributed by atoms with E-state index in [4.69, 9.17) is 0 Å². The number of aryl methyl sites for hydroxylation is 2. The van der Waals surface area contributed by atoms with Crippen LogP contribution in [0.15, 0.2) is 36.4 Å². The quantitative estimate of drug-likeness (QED) is 0.912. The first-order valence-corrected chi connectivity index (χ1v) is 9.94. The van der Waals surface area contributed by atoms with Crippen LogP contribution < -0.4 is 9.62 Å². The molecule has 0 aliphatic carbocycles. The summed E-state index contributed by atoms with van der Waals surface area (Å²) in [6.45, 7) is 6.10. The van der Waals surface area contributed by atoms with Crippen molar-refractivity contribution in [3.05, 3.63) is 58.7 Å². The number of sulfonamides is 1. The highest BCUT2D eigenvalue weighted by Crippen LogP contribution is 2.31. The van der Waals surface area contributed by atoms with Crippen LogP contribution in [0.5, 0.6) is 0 Å². The number of benzene rings is 2. The molecule has 1 heterocycles. The number of hydrogen-bond donors (Lipinski definition) is 1. The molecule has 1 N–H and O–H groups in total. The topological polar surface area (TPSA) is 66.5 Å². The lowest BCUT2D eigenvalue weighted by atomic mass is 10.1. The summed E-state index contributed by atoms with van der Waals surface area (Å²) in [5, 5.41) is 2.90. The Morgan fingerprint density at radius 1 is 1.12 bits per heavy atom. The van der Waals surface area contributed by atoms with Crippen molar-refractivity contribution in [3.8, 4) is 0 Å². The van der Waals surface area contributed by atoms with Gasteiger partial charge in [0, 0.05) is 17.8 Å². The molecule has 2 aromatic rings. The summed E-state index contributed by atoms with van der Waals surface area (Å²) in [6, 6.07) is 11.0. The third kappa shape index (κ3) is 3.39. The number of nitrogens with zero attached hydrogens (tertiary/aromatic N) is 1. The first-order chi connectivity index (χ1) is 11.8. The van der Waals surface area contributed by atoms with E-state index in [0.29, 0.717) is 24.2 Å². The summed E-state index contributed by atoms with van der Waals surface area (Å²) in [6.07, 6.45) is 0.624. The lowest BCUT2D eigenvalue weighted by Gasteiger charge is -2.18. The zero-order valence-corrected chi connectivity index (χ0v) is 15.5. The zero-order chi connectivity index (χ0) is 18.2. The highest BCUT2D eigenvalue weighted by molar-refractivity contribution is 7.92. The average Bonchev–Trinajstić information content (AvgIpc) is 3.02. The molecule has 0 unspecified atom stereocenters. The minimum Gasteiger partial charge on any atom is -0.322 e. The Hall–Kier alpha value is -2.34. The van der Waals surface area contributed by atoms with E-state index >= 15 is 0 Å². The standard InChI is InChI=1S/C19H22N2O3S/c1-4-25(23,24)21-10-9-15-12-16(6-8-18(15)21)19(22)20-17-7-5-13(2)14(3)11-17/h5-8,11-12H,4,9-10H2,1-3H3,(H,20,22). The number of anilines is 2. The minimum atomic E-state index is -3.27. The predicted molar refractivity (Wildman–Crippen MR) is 101 cm³/mol. The van der Waals surface area contributed by atoms with E-state index in [1.807, 2.05) is 32.0 Å². The monoisotopic (exact) mass is 358 g/mol. The zero-order valence-electron chi connectivity index (χ0n) is 14.7. The number of carbonyl (C=O) groups is 1. The molecule has 3 rings (SSSR count). The van der Waals surface area contributed by atoms with Gasteiger partial charge in [-0.25, -0.2) is 8.42 Å². The van der Waals surface area contributed by atoms with Gasteiger partial charge >= 0.3 is 0 Å². The highest BCUT2D eigenvalue weighted by atomic mass is 32.2. The summed E-state index contributed by atoms with van der Waals surface area (Å²) >= 11 is 0. The first-order valence-electron chi connectivity index (χ1n) is 8.34. The van der Waals surface area contributed by atoms with Gasteiger partial charge in [-0.3, -0.25) is 9.10 Å². The van der Waals surface area contributed by atoms with Crippen LogP contribution in [-0.2, 0) is 16.4 Å². The molecule has 0 spiro atoms. The van der Waals surface area contributed by atoms with Crippen LogP contribution in [0.1, 0.15) is 34.0 Å². The number of carbonyl (C=O) groups excluding carboxylic acids is 1. The molecular weight excluding hydrogens is 336 g/mol. The number of hydrogen-bond acceptors (Lipinski definition) is 3. The molecule has 0 fully saturated rings.